The molecule has 0 unspecified atom stereocenters. The second kappa shape index (κ2) is 6.76. The van der Waals surface area contributed by atoms with E-state index in [1.165, 1.54) is 11.3 Å². The largest absolute Gasteiger partial charge is 0.496 e. The van der Waals surface area contributed by atoms with E-state index in [-0.39, 0.29) is 5.56 Å². The van der Waals surface area contributed by atoms with Gasteiger partial charge in [0.05, 0.1) is 7.11 Å². The molecule has 0 aliphatic carbocycles. The Bertz CT molecular complexity index is 1180. The fourth-order valence-electron chi connectivity index (χ4n) is 3.32. The number of hydrogen-bond acceptors (Lipinski definition) is 4. The first-order chi connectivity index (χ1) is 12.6. The number of rotatable bonds is 4. The number of aromatic nitrogens is 1. The van der Waals surface area contributed by atoms with Crippen LogP contribution in [0, 0.1) is 0 Å². The number of thiophene rings is 1. The van der Waals surface area contributed by atoms with Gasteiger partial charge in [-0.1, -0.05) is 23.7 Å². The molecule has 4 nitrogen and oxygen atoms in total. The minimum Gasteiger partial charge on any atom is -0.496 e. The summed E-state index contributed by atoms with van der Waals surface area (Å²) < 4.78 is 6.35. The number of methoxy groups -OCH3 is 1. The van der Waals surface area contributed by atoms with E-state index < -0.39 is 0 Å². The molecule has 0 fully saturated rings. The van der Waals surface area contributed by atoms with E-state index in [9.17, 15) is 4.79 Å². The monoisotopic (exact) mass is 384 g/mol. The van der Waals surface area contributed by atoms with Crippen molar-refractivity contribution in [3.63, 3.8) is 0 Å². The molecule has 0 radical (unpaired) electrons. The van der Waals surface area contributed by atoms with Crippen LogP contribution < -0.4 is 15.6 Å². The van der Waals surface area contributed by atoms with Crippen molar-refractivity contribution in [2.24, 2.45) is 0 Å². The molecule has 4 rings (SSSR count). The summed E-state index contributed by atoms with van der Waals surface area (Å²) in [6, 6.07) is 11.8. The van der Waals surface area contributed by atoms with Gasteiger partial charge in [-0.3, -0.25) is 4.79 Å². The molecule has 2 aromatic heterocycles. The standard InChI is InChI=1S/C20H17ClN2O2S/c1-22-10-12-4-3-11(9-14(12)21)17-16(25-2)6-5-15-18(17)13-7-8-26-19(13)20(24)23-15/h3-9,22H,10H2,1-2H3,(H,23,24). The highest BCUT2D eigenvalue weighted by atomic mass is 35.5. The molecule has 132 valence electrons. The molecule has 6 heteroatoms. The van der Waals surface area contributed by atoms with Crippen molar-refractivity contribution in [2.75, 3.05) is 14.2 Å². The van der Waals surface area contributed by atoms with Gasteiger partial charge in [-0.15, -0.1) is 11.3 Å². The third-order valence-electron chi connectivity index (χ3n) is 4.48. The number of fused-ring (bicyclic) bond motifs is 3. The summed E-state index contributed by atoms with van der Waals surface area (Å²) in [6.07, 6.45) is 0. The molecule has 0 aliphatic heterocycles. The Morgan fingerprint density at radius 2 is 2.08 bits per heavy atom. The van der Waals surface area contributed by atoms with Crippen LogP contribution in [0.25, 0.3) is 32.1 Å². The van der Waals surface area contributed by atoms with E-state index >= 15 is 0 Å². The van der Waals surface area contributed by atoms with Crippen LogP contribution >= 0.6 is 22.9 Å². The lowest BCUT2D eigenvalue weighted by molar-refractivity contribution is 0.417. The smallest absolute Gasteiger partial charge is 0.266 e. The van der Waals surface area contributed by atoms with Gasteiger partial charge < -0.3 is 15.0 Å². The summed E-state index contributed by atoms with van der Waals surface area (Å²) in [4.78, 5) is 15.3. The quantitative estimate of drug-likeness (QED) is 0.531. The van der Waals surface area contributed by atoms with Crippen molar-refractivity contribution < 1.29 is 4.74 Å². The van der Waals surface area contributed by atoms with E-state index in [2.05, 4.69) is 10.3 Å². The van der Waals surface area contributed by atoms with Crippen LogP contribution in [0.15, 0.2) is 46.6 Å². The van der Waals surface area contributed by atoms with Gasteiger partial charge >= 0.3 is 0 Å². The molecule has 0 spiro atoms. The zero-order valence-corrected chi connectivity index (χ0v) is 15.9. The Morgan fingerprint density at radius 3 is 2.81 bits per heavy atom. The van der Waals surface area contributed by atoms with Gasteiger partial charge in [-0.2, -0.15) is 0 Å². The highest BCUT2D eigenvalue weighted by molar-refractivity contribution is 7.17. The van der Waals surface area contributed by atoms with Crippen LogP contribution in [0.5, 0.6) is 5.75 Å². The normalized spacial score (nSPS) is 11.3. The number of halogens is 1. The van der Waals surface area contributed by atoms with Crippen molar-refractivity contribution >= 4 is 43.9 Å². The second-order valence-electron chi connectivity index (χ2n) is 6.02. The third kappa shape index (κ3) is 2.69. The maximum Gasteiger partial charge on any atom is 0.266 e. The lowest BCUT2D eigenvalue weighted by atomic mass is 9.96. The average Bonchev–Trinajstić information content (AvgIpc) is 3.13. The zero-order valence-electron chi connectivity index (χ0n) is 14.4. The fourth-order valence-corrected chi connectivity index (χ4v) is 4.36. The lowest BCUT2D eigenvalue weighted by Gasteiger charge is -2.14. The SMILES string of the molecule is CNCc1ccc(-c2c(OC)ccc3[nH]c(=O)c4sccc4c23)cc1Cl. The number of ether oxygens (including phenoxy) is 1. The van der Waals surface area contributed by atoms with Crippen LogP contribution in [0.1, 0.15) is 5.56 Å². The maximum absolute atomic E-state index is 12.3. The van der Waals surface area contributed by atoms with Gasteiger partial charge in [0.2, 0.25) is 0 Å². The van der Waals surface area contributed by atoms with Crippen LogP contribution in [0.2, 0.25) is 5.02 Å². The minimum absolute atomic E-state index is 0.0685. The summed E-state index contributed by atoms with van der Waals surface area (Å²) in [6.45, 7) is 0.702. The first kappa shape index (κ1) is 17.1. The third-order valence-corrected chi connectivity index (χ3v) is 5.75. The van der Waals surface area contributed by atoms with Crippen molar-refractivity contribution in [2.45, 2.75) is 6.54 Å². The molecule has 2 heterocycles. The lowest BCUT2D eigenvalue weighted by Crippen LogP contribution is -2.06. The Morgan fingerprint density at radius 1 is 1.23 bits per heavy atom. The molecule has 0 bridgehead atoms. The van der Waals surface area contributed by atoms with Gasteiger partial charge in [-0.05, 0) is 47.8 Å². The molecular weight excluding hydrogens is 368 g/mol. The highest BCUT2D eigenvalue weighted by Gasteiger charge is 2.17. The highest BCUT2D eigenvalue weighted by Crippen LogP contribution is 2.41. The van der Waals surface area contributed by atoms with Crippen molar-refractivity contribution in [3.8, 4) is 16.9 Å². The van der Waals surface area contributed by atoms with E-state index in [1.54, 1.807) is 7.11 Å². The summed E-state index contributed by atoms with van der Waals surface area (Å²) >= 11 is 7.93. The van der Waals surface area contributed by atoms with Crippen molar-refractivity contribution in [3.05, 3.63) is 62.7 Å². The van der Waals surface area contributed by atoms with Crippen molar-refractivity contribution in [1.29, 1.82) is 0 Å². The van der Waals surface area contributed by atoms with E-state index in [0.717, 1.165) is 38.7 Å². The fraction of sp³-hybridized carbons (Fsp3) is 0.150. The molecular formula is C20H17ClN2O2S. The minimum atomic E-state index is -0.0685. The molecule has 26 heavy (non-hydrogen) atoms. The second-order valence-corrected chi connectivity index (χ2v) is 7.34. The summed E-state index contributed by atoms with van der Waals surface area (Å²) in [5.41, 5.74) is 3.64. The molecule has 0 aliphatic rings. The molecule has 2 aromatic carbocycles. The summed E-state index contributed by atoms with van der Waals surface area (Å²) in [5.74, 6) is 0.745. The van der Waals surface area contributed by atoms with Gasteiger partial charge in [-0.25, -0.2) is 0 Å². The molecule has 2 N–H and O–H groups in total. The van der Waals surface area contributed by atoms with Crippen molar-refractivity contribution in [1.82, 2.24) is 10.3 Å². The van der Waals surface area contributed by atoms with Crippen LogP contribution in [0.4, 0.5) is 0 Å². The van der Waals surface area contributed by atoms with Gasteiger partial charge in [0.25, 0.3) is 5.56 Å². The summed E-state index contributed by atoms with van der Waals surface area (Å²) in [7, 11) is 3.54. The summed E-state index contributed by atoms with van der Waals surface area (Å²) in [5, 5.41) is 7.65. The predicted octanol–water partition coefficient (Wildman–Crippen LogP) is 4.79. The Balaban J connectivity index is 2.09. The molecule has 0 saturated heterocycles. The predicted molar refractivity (Wildman–Crippen MR) is 110 cm³/mol. The maximum atomic E-state index is 12.3. The molecule has 0 saturated carbocycles. The van der Waals surface area contributed by atoms with Crippen LogP contribution in [-0.2, 0) is 6.54 Å². The van der Waals surface area contributed by atoms with E-state index in [4.69, 9.17) is 16.3 Å². The van der Waals surface area contributed by atoms with Gasteiger partial charge in [0, 0.05) is 33.4 Å². The molecule has 4 aromatic rings. The number of aromatic amines is 1. The number of H-pyrrole nitrogens is 1. The first-order valence-corrected chi connectivity index (χ1v) is 9.43. The van der Waals surface area contributed by atoms with Gasteiger partial charge in [0.15, 0.2) is 0 Å². The van der Waals surface area contributed by atoms with Crippen LogP contribution in [0.3, 0.4) is 0 Å². The molecule has 0 atom stereocenters. The van der Waals surface area contributed by atoms with Gasteiger partial charge in [0.1, 0.15) is 10.4 Å². The Hall–Kier alpha value is -2.34. The first-order valence-electron chi connectivity index (χ1n) is 8.17. The molecule has 0 amide bonds. The topological polar surface area (TPSA) is 54.1 Å². The van der Waals surface area contributed by atoms with E-state index in [0.29, 0.717) is 16.3 Å². The number of nitrogens with one attached hydrogen (secondary N) is 2. The Labute approximate surface area is 159 Å². The number of pyridine rings is 1. The number of benzene rings is 2. The average molecular weight is 385 g/mol. The Kier molecular flexibility index (Phi) is 4.44. The van der Waals surface area contributed by atoms with Crippen LogP contribution in [-0.4, -0.2) is 19.1 Å². The zero-order chi connectivity index (χ0) is 18.3. The van der Waals surface area contributed by atoms with E-state index in [1.807, 2.05) is 48.8 Å². The number of hydrogen-bond donors (Lipinski definition) is 2.